The Morgan fingerprint density at radius 2 is 1.76 bits per heavy atom. The van der Waals surface area contributed by atoms with Crippen molar-refractivity contribution in [3.8, 4) is 0 Å². The van der Waals surface area contributed by atoms with Crippen LogP contribution in [0.5, 0.6) is 0 Å². The molecule has 0 saturated carbocycles. The average molecular weight is 295 g/mol. The van der Waals surface area contributed by atoms with E-state index in [1.165, 1.54) is 0 Å². The Kier molecular flexibility index (Phi) is 6.42. The van der Waals surface area contributed by atoms with Crippen LogP contribution >= 0.6 is 0 Å². The molecule has 0 bridgehead atoms. The van der Waals surface area contributed by atoms with E-state index in [2.05, 4.69) is 10.6 Å². The van der Waals surface area contributed by atoms with Crippen molar-refractivity contribution in [3.63, 3.8) is 0 Å². The maximum atomic E-state index is 11.3. The summed E-state index contributed by atoms with van der Waals surface area (Å²) in [5, 5.41) is 27.7. The summed E-state index contributed by atoms with van der Waals surface area (Å²) >= 11 is 0. The maximum absolute atomic E-state index is 11.3. The van der Waals surface area contributed by atoms with Crippen molar-refractivity contribution < 1.29 is 10.0 Å². The summed E-state index contributed by atoms with van der Waals surface area (Å²) in [4.78, 5) is 10.9. The molecule has 1 aromatic rings. The third-order valence-corrected chi connectivity index (χ3v) is 3.71. The number of anilines is 2. The first-order chi connectivity index (χ1) is 9.97. The van der Waals surface area contributed by atoms with Gasteiger partial charge in [0.1, 0.15) is 11.4 Å². The molecule has 0 unspecified atom stereocenters. The van der Waals surface area contributed by atoms with E-state index in [0.29, 0.717) is 30.8 Å². The van der Waals surface area contributed by atoms with Crippen molar-refractivity contribution in [2.75, 3.05) is 23.7 Å². The predicted octanol–water partition coefficient (Wildman–Crippen LogP) is 3.38. The second kappa shape index (κ2) is 7.83. The lowest BCUT2D eigenvalue weighted by Crippen LogP contribution is -2.35. The number of rotatable bonds is 9. The molecule has 0 saturated heterocycles. The first-order valence-electron chi connectivity index (χ1n) is 7.45. The lowest BCUT2D eigenvalue weighted by atomic mass is 9.97. The summed E-state index contributed by atoms with van der Waals surface area (Å²) in [7, 11) is 0. The minimum atomic E-state index is -0.847. The highest BCUT2D eigenvalue weighted by molar-refractivity contribution is 5.76. The number of hydrogen-bond donors (Lipinski definition) is 3. The Bertz CT molecular complexity index is 473. The molecular weight excluding hydrogens is 270 g/mol. The van der Waals surface area contributed by atoms with E-state index in [0.717, 1.165) is 6.42 Å². The lowest BCUT2D eigenvalue weighted by Gasteiger charge is -2.26. The molecule has 0 amide bonds. The number of benzene rings is 1. The van der Waals surface area contributed by atoms with Gasteiger partial charge in [-0.15, -0.1) is 0 Å². The van der Waals surface area contributed by atoms with Crippen molar-refractivity contribution in [3.05, 3.63) is 28.3 Å². The smallest absolute Gasteiger partial charge is 0.315 e. The monoisotopic (exact) mass is 295 g/mol. The van der Waals surface area contributed by atoms with E-state index in [-0.39, 0.29) is 12.2 Å². The first kappa shape index (κ1) is 17.2. The third-order valence-electron chi connectivity index (χ3n) is 3.71. The SMILES string of the molecule is CCCNc1cccc(NCC(O)(CC)CC)c1[N+](=O)[O-]. The first-order valence-corrected chi connectivity index (χ1v) is 7.45. The molecule has 0 aromatic heterocycles. The highest BCUT2D eigenvalue weighted by Gasteiger charge is 2.25. The van der Waals surface area contributed by atoms with Crippen molar-refractivity contribution in [2.24, 2.45) is 0 Å². The van der Waals surface area contributed by atoms with Gasteiger partial charge in [-0.05, 0) is 31.4 Å². The zero-order valence-corrected chi connectivity index (χ0v) is 13.0. The lowest BCUT2D eigenvalue weighted by molar-refractivity contribution is -0.383. The molecule has 1 aromatic carbocycles. The number of aliphatic hydroxyl groups is 1. The minimum Gasteiger partial charge on any atom is -0.388 e. The molecule has 3 N–H and O–H groups in total. The molecule has 1 rings (SSSR count). The fraction of sp³-hybridized carbons (Fsp3) is 0.600. The van der Waals surface area contributed by atoms with Crippen LogP contribution in [0.3, 0.4) is 0 Å². The Hall–Kier alpha value is -1.82. The molecule has 6 heteroatoms. The molecular formula is C15H25N3O3. The fourth-order valence-electron chi connectivity index (χ4n) is 2.04. The van der Waals surface area contributed by atoms with Crippen LogP contribution in [0.15, 0.2) is 18.2 Å². The highest BCUT2D eigenvalue weighted by Crippen LogP contribution is 2.33. The van der Waals surface area contributed by atoms with E-state index >= 15 is 0 Å². The predicted molar refractivity (Wildman–Crippen MR) is 85.9 cm³/mol. The second-order valence-corrected chi connectivity index (χ2v) is 5.17. The molecule has 0 aliphatic rings. The van der Waals surface area contributed by atoms with E-state index in [4.69, 9.17) is 0 Å². The molecule has 0 spiro atoms. The number of nitro benzene ring substituents is 1. The molecule has 6 nitrogen and oxygen atoms in total. The quantitative estimate of drug-likeness (QED) is 0.480. The summed E-state index contributed by atoms with van der Waals surface area (Å²) in [5.74, 6) is 0. The van der Waals surface area contributed by atoms with Gasteiger partial charge in [0.25, 0.3) is 0 Å². The molecule has 0 aliphatic heterocycles. The van der Waals surface area contributed by atoms with Crippen LogP contribution < -0.4 is 10.6 Å². The molecule has 0 fully saturated rings. The zero-order chi connectivity index (χ0) is 15.9. The summed E-state index contributed by atoms with van der Waals surface area (Å²) in [6, 6.07) is 5.14. The summed E-state index contributed by atoms with van der Waals surface area (Å²) in [6.45, 7) is 6.78. The van der Waals surface area contributed by atoms with Crippen LogP contribution in [-0.2, 0) is 0 Å². The van der Waals surface area contributed by atoms with Gasteiger partial charge in [0, 0.05) is 13.1 Å². The van der Waals surface area contributed by atoms with Crippen LogP contribution in [0.2, 0.25) is 0 Å². The van der Waals surface area contributed by atoms with Gasteiger partial charge in [-0.1, -0.05) is 26.8 Å². The Morgan fingerprint density at radius 1 is 1.19 bits per heavy atom. The molecule has 0 heterocycles. The van der Waals surface area contributed by atoms with Crippen LogP contribution in [0.25, 0.3) is 0 Å². The second-order valence-electron chi connectivity index (χ2n) is 5.17. The minimum absolute atomic E-state index is 0.0282. The van der Waals surface area contributed by atoms with Gasteiger partial charge < -0.3 is 15.7 Å². The van der Waals surface area contributed by atoms with Crippen molar-refractivity contribution >= 4 is 17.1 Å². The fourth-order valence-corrected chi connectivity index (χ4v) is 2.04. The maximum Gasteiger partial charge on any atom is 0.315 e. The number of nitrogens with one attached hydrogen (secondary N) is 2. The van der Waals surface area contributed by atoms with Crippen LogP contribution in [0, 0.1) is 10.1 Å². The topological polar surface area (TPSA) is 87.4 Å². The van der Waals surface area contributed by atoms with Gasteiger partial charge in [-0.2, -0.15) is 0 Å². The van der Waals surface area contributed by atoms with Crippen molar-refractivity contribution in [1.29, 1.82) is 0 Å². The standard InChI is InChI=1S/C15H25N3O3/c1-4-10-16-12-8-7-9-13(14(12)18(20)21)17-11-15(19,5-2)6-3/h7-9,16-17,19H,4-6,10-11H2,1-3H3. The van der Waals surface area contributed by atoms with Gasteiger partial charge in [-0.3, -0.25) is 10.1 Å². The largest absolute Gasteiger partial charge is 0.388 e. The third kappa shape index (κ3) is 4.60. The highest BCUT2D eigenvalue weighted by atomic mass is 16.6. The summed E-state index contributed by atoms with van der Waals surface area (Å²) < 4.78 is 0. The number of nitrogens with zero attached hydrogens (tertiary/aromatic N) is 1. The van der Waals surface area contributed by atoms with E-state index in [9.17, 15) is 15.2 Å². The van der Waals surface area contributed by atoms with E-state index in [1.807, 2.05) is 20.8 Å². The molecule has 0 atom stereocenters. The zero-order valence-electron chi connectivity index (χ0n) is 13.0. The number of para-hydroxylation sites is 1. The Labute approximate surface area is 125 Å². The Morgan fingerprint density at radius 3 is 2.24 bits per heavy atom. The summed E-state index contributed by atoms with van der Waals surface area (Å²) in [5.41, 5.74) is 0.117. The molecule has 0 aliphatic carbocycles. The van der Waals surface area contributed by atoms with Crippen molar-refractivity contribution in [2.45, 2.75) is 45.6 Å². The van der Waals surface area contributed by atoms with E-state index in [1.54, 1.807) is 18.2 Å². The van der Waals surface area contributed by atoms with Gasteiger partial charge in [0.15, 0.2) is 0 Å². The number of nitro groups is 1. The van der Waals surface area contributed by atoms with Crippen LogP contribution in [0.4, 0.5) is 17.1 Å². The average Bonchev–Trinajstić information content (AvgIpc) is 2.50. The van der Waals surface area contributed by atoms with Crippen LogP contribution in [0.1, 0.15) is 40.0 Å². The normalized spacial score (nSPS) is 11.2. The summed E-state index contributed by atoms with van der Waals surface area (Å²) in [6.07, 6.45) is 2.08. The van der Waals surface area contributed by atoms with Crippen LogP contribution in [-0.4, -0.2) is 28.7 Å². The van der Waals surface area contributed by atoms with Crippen molar-refractivity contribution in [1.82, 2.24) is 0 Å². The molecule has 0 radical (unpaired) electrons. The Balaban J connectivity index is 2.98. The van der Waals surface area contributed by atoms with Gasteiger partial charge >= 0.3 is 5.69 Å². The van der Waals surface area contributed by atoms with Gasteiger partial charge in [0.05, 0.1) is 10.5 Å². The number of hydrogen-bond acceptors (Lipinski definition) is 5. The molecule has 118 valence electrons. The molecule has 21 heavy (non-hydrogen) atoms. The van der Waals surface area contributed by atoms with Gasteiger partial charge in [-0.25, -0.2) is 0 Å². The van der Waals surface area contributed by atoms with E-state index < -0.39 is 10.5 Å². The van der Waals surface area contributed by atoms with Gasteiger partial charge in [0.2, 0.25) is 0 Å².